The first-order valence-electron chi connectivity index (χ1n) is 13.0. The summed E-state index contributed by atoms with van der Waals surface area (Å²) in [5, 5.41) is 6.10. The van der Waals surface area contributed by atoms with Crippen LogP contribution in [-0.2, 0) is 16.0 Å². The Morgan fingerprint density at radius 2 is 1.45 bits per heavy atom. The van der Waals surface area contributed by atoms with Gasteiger partial charge in [-0.1, -0.05) is 90.5 Å². The van der Waals surface area contributed by atoms with Gasteiger partial charge in [0, 0.05) is 21.0 Å². The van der Waals surface area contributed by atoms with Crippen molar-refractivity contribution in [2.45, 2.75) is 30.4 Å². The Kier molecular flexibility index (Phi) is 8.74. The Morgan fingerprint density at radius 1 is 0.800 bits per heavy atom. The molecule has 0 spiro atoms. The van der Waals surface area contributed by atoms with Crippen molar-refractivity contribution >= 4 is 45.7 Å². The number of aryl methyl sites for hydroxylation is 2. The van der Waals surface area contributed by atoms with Crippen LogP contribution in [0.4, 0.5) is 10.8 Å². The highest BCUT2D eigenvalue weighted by molar-refractivity contribution is 8.00. The maximum Gasteiger partial charge on any atom is 0.244 e. The van der Waals surface area contributed by atoms with E-state index >= 15 is 0 Å². The summed E-state index contributed by atoms with van der Waals surface area (Å²) in [4.78, 5) is 32.7. The van der Waals surface area contributed by atoms with Crippen molar-refractivity contribution < 1.29 is 9.59 Å². The van der Waals surface area contributed by atoms with Gasteiger partial charge in [-0.05, 0) is 49.2 Å². The van der Waals surface area contributed by atoms with E-state index in [0.717, 1.165) is 32.2 Å². The second-order valence-corrected chi connectivity index (χ2v) is 11.8. The van der Waals surface area contributed by atoms with Crippen molar-refractivity contribution in [3.8, 4) is 11.3 Å². The molecule has 0 saturated carbocycles. The fourth-order valence-corrected chi connectivity index (χ4v) is 6.10. The monoisotopic (exact) mass is 563 g/mol. The number of nitrogens with one attached hydrogen (secondary N) is 2. The minimum absolute atomic E-state index is 0.0723. The van der Waals surface area contributed by atoms with Gasteiger partial charge in [0.1, 0.15) is 5.25 Å². The van der Waals surface area contributed by atoms with Crippen LogP contribution in [0, 0.1) is 13.8 Å². The molecule has 1 heterocycles. The average molecular weight is 564 g/mol. The molecule has 0 aliphatic rings. The zero-order chi connectivity index (χ0) is 27.9. The molecule has 200 valence electrons. The van der Waals surface area contributed by atoms with Crippen molar-refractivity contribution in [1.29, 1.82) is 0 Å². The Hall–Kier alpha value is -4.20. The first-order valence-corrected chi connectivity index (χ1v) is 14.6. The third kappa shape index (κ3) is 7.05. The lowest BCUT2D eigenvalue weighted by atomic mass is 10.1. The number of thioether (sulfide) groups is 1. The van der Waals surface area contributed by atoms with Gasteiger partial charge in [0.25, 0.3) is 0 Å². The predicted octanol–water partition coefficient (Wildman–Crippen LogP) is 8.08. The Bertz CT molecular complexity index is 1580. The van der Waals surface area contributed by atoms with Crippen molar-refractivity contribution in [3.05, 3.63) is 131 Å². The number of rotatable bonds is 9. The number of thiazole rings is 1. The minimum atomic E-state index is -0.480. The zero-order valence-electron chi connectivity index (χ0n) is 22.3. The molecule has 5 nitrogen and oxygen atoms in total. The van der Waals surface area contributed by atoms with Crippen molar-refractivity contribution in [1.82, 2.24) is 4.98 Å². The normalized spacial score (nSPS) is 11.6. The van der Waals surface area contributed by atoms with Gasteiger partial charge in [-0.25, -0.2) is 4.98 Å². The van der Waals surface area contributed by atoms with E-state index < -0.39 is 5.25 Å². The second-order valence-electron chi connectivity index (χ2n) is 9.42. The van der Waals surface area contributed by atoms with E-state index in [1.807, 2.05) is 91.9 Å². The van der Waals surface area contributed by atoms with E-state index in [4.69, 9.17) is 4.98 Å². The van der Waals surface area contributed by atoms with Crippen LogP contribution in [0.15, 0.2) is 114 Å². The summed E-state index contributed by atoms with van der Waals surface area (Å²) in [6.07, 6.45) is 0.315. The molecule has 0 fully saturated rings. The Morgan fingerprint density at radius 3 is 2.12 bits per heavy atom. The molecule has 0 radical (unpaired) electrons. The summed E-state index contributed by atoms with van der Waals surface area (Å²) < 4.78 is 0. The molecule has 5 aromatic rings. The molecular weight excluding hydrogens is 535 g/mol. The first kappa shape index (κ1) is 27.4. The number of aromatic nitrogens is 1. The molecule has 2 N–H and O–H groups in total. The fraction of sp³-hybridized carbons (Fsp3) is 0.121. The number of benzene rings is 4. The average Bonchev–Trinajstić information content (AvgIpc) is 3.33. The van der Waals surface area contributed by atoms with Crippen LogP contribution in [0.1, 0.15) is 26.8 Å². The Labute approximate surface area is 242 Å². The predicted molar refractivity (Wildman–Crippen MR) is 166 cm³/mol. The molecule has 40 heavy (non-hydrogen) atoms. The van der Waals surface area contributed by atoms with Gasteiger partial charge in [-0.2, -0.15) is 0 Å². The molecule has 5 rings (SSSR count). The van der Waals surface area contributed by atoms with Gasteiger partial charge in [0.15, 0.2) is 5.13 Å². The molecule has 0 saturated heterocycles. The number of carbonyl (C=O) groups is 2. The fourth-order valence-electron chi connectivity index (χ4n) is 4.24. The minimum Gasteiger partial charge on any atom is -0.326 e. The first-order chi connectivity index (χ1) is 19.4. The van der Waals surface area contributed by atoms with Gasteiger partial charge in [0.2, 0.25) is 11.8 Å². The number of hydrogen-bond acceptors (Lipinski definition) is 5. The summed E-state index contributed by atoms with van der Waals surface area (Å²) in [5.74, 6) is -0.211. The molecule has 7 heteroatoms. The van der Waals surface area contributed by atoms with E-state index in [1.165, 1.54) is 28.7 Å². The summed E-state index contributed by atoms with van der Waals surface area (Å²) in [7, 11) is 0. The molecule has 0 bridgehead atoms. The highest BCUT2D eigenvalue weighted by Gasteiger charge is 2.24. The maximum absolute atomic E-state index is 13.6. The summed E-state index contributed by atoms with van der Waals surface area (Å²) in [6.45, 7) is 4.08. The molecule has 2 amide bonds. The topological polar surface area (TPSA) is 71.1 Å². The molecule has 1 unspecified atom stereocenters. The number of nitrogens with zero attached hydrogens (tertiary/aromatic N) is 1. The standard InChI is InChI=1S/C33H29N3O2S2/c1-22-13-15-25(16-14-22)30-23(2)39-33(35-30)36-32(38)31(26-11-7-4-8-12-26)40-28-19-17-27(18-20-28)34-29(37)21-24-9-5-3-6-10-24/h3-20,31H,21H2,1-2H3,(H,34,37)(H,35,36,38). The van der Waals surface area contributed by atoms with Gasteiger partial charge in [-0.3, -0.25) is 9.59 Å². The molecule has 4 aromatic carbocycles. The van der Waals surface area contributed by atoms with E-state index in [1.54, 1.807) is 0 Å². The molecule has 0 aliphatic carbocycles. The van der Waals surface area contributed by atoms with Crippen molar-refractivity contribution in [2.75, 3.05) is 10.6 Å². The molecule has 1 aromatic heterocycles. The van der Waals surface area contributed by atoms with Crippen LogP contribution in [0.2, 0.25) is 0 Å². The molecule has 0 aliphatic heterocycles. The van der Waals surface area contributed by atoms with Crippen LogP contribution in [0.3, 0.4) is 0 Å². The largest absolute Gasteiger partial charge is 0.326 e. The maximum atomic E-state index is 13.6. The summed E-state index contributed by atoms with van der Waals surface area (Å²) >= 11 is 2.94. The third-order valence-electron chi connectivity index (χ3n) is 6.29. The zero-order valence-corrected chi connectivity index (χ0v) is 23.9. The van der Waals surface area contributed by atoms with Gasteiger partial charge in [-0.15, -0.1) is 23.1 Å². The van der Waals surface area contributed by atoms with Crippen LogP contribution in [0.5, 0.6) is 0 Å². The lowest BCUT2D eigenvalue weighted by molar-refractivity contribution is -0.116. The van der Waals surface area contributed by atoms with Gasteiger partial charge < -0.3 is 10.6 Å². The van der Waals surface area contributed by atoms with Crippen LogP contribution in [-0.4, -0.2) is 16.8 Å². The van der Waals surface area contributed by atoms with Gasteiger partial charge in [0.05, 0.1) is 12.1 Å². The van der Waals surface area contributed by atoms with Crippen LogP contribution >= 0.6 is 23.1 Å². The third-order valence-corrected chi connectivity index (χ3v) is 8.44. The van der Waals surface area contributed by atoms with Crippen LogP contribution < -0.4 is 10.6 Å². The smallest absolute Gasteiger partial charge is 0.244 e. The lowest BCUT2D eigenvalue weighted by Gasteiger charge is -2.16. The van der Waals surface area contributed by atoms with Crippen molar-refractivity contribution in [2.24, 2.45) is 0 Å². The van der Waals surface area contributed by atoms with E-state index in [0.29, 0.717) is 17.2 Å². The summed E-state index contributed by atoms with van der Waals surface area (Å²) in [6, 6.07) is 35.2. The van der Waals surface area contributed by atoms with E-state index in [2.05, 4.69) is 41.8 Å². The Balaban J connectivity index is 1.29. The number of anilines is 2. The number of amides is 2. The number of hydrogen-bond donors (Lipinski definition) is 2. The highest BCUT2D eigenvalue weighted by atomic mass is 32.2. The lowest BCUT2D eigenvalue weighted by Crippen LogP contribution is -2.19. The van der Waals surface area contributed by atoms with E-state index in [9.17, 15) is 9.59 Å². The molecular formula is C33H29N3O2S2. The second kappa shape index (κ2) is 12.8. The van der Waals surface area contributed by atoms with Gasteiger partial charge >= 0.3 is 0 Å². The summed E-state index contributed by atoms with van der Waals surface area (Å²) in [5.41, 5.74) is 5.69. The SMILES string of the molecule is Cc1ccc(-c2nc(NC(=O)C(Sc3ccc(NC(=O)Cc4ccccc4)cc3)c3ccccc3)sc2C)cc1. The quantitative estimate of drug-likeness (QED) is 0.178. The highest BCUT2D eigenvalue weighted by Crippen LogP contribution is 2.38. The van der Waals surface area contributed by atoms with Crippen molar-refractivity contribution in [3.63, 3.8) is 0 Å². The van der Waals surface area contributed by atoms with E-state index in [-0.39, 0.29) is 11.8 Å². The van der Waals surface area contributed by atoms with Crippen LogP contribution in [0.25, 0.3) is 11.3 Å². The number of carbonyl (C=O) groups excluding carboxylic acids is 2. The molecule has 1 atom stereocenters.